The van der Waals surface area contributed by atoms with Crippen LogP contribution in [-0.2, 0) is 28.4 Å². The van der Waals surface area contributed by atoms with Crippen LogP contribution in [0, 0.1) is 0 Å². The van der Waals surface area contributed by atoms with E-state index in [9.17, 15) is 0 Å². The third-order valence-corrected chi connectivity index (χ3v) is 0. The van der Waals surface area contributed by atoms with Gasteiger partial charge in [0.05, 0.1) is 0 Å². The van der Waals surface area contributed by atoms with E-state index in [1.165, 1.54) is 0 Å². The summed E-state index contributed by atoms with van der Waals surface area (Å²) < 4.78 is 25.3. The molecule has 6 heavy (non-hydrogen) atoms. The molecule has 0 fully saturated rings. The first-order valence-corrected chi connectivity index (χ1v) is 1.50. The molecule has 0 aromatic heterocycles. The third-order valence-electron chi connectivity index (χ3n) is 0. The van der Waals surface area contributed by atoms with Crippen molar-refractivity contribution >= 4 is 11.4 Å². The molecule has 0 bridgehead atoms. The Bertz CT molecular complexity index is 33.8. The summed E-state index contributed by atoms with van der Waals surface area (Å²) in [4.78, 5) is 0. The smallest absolute Gasteiger partial charge is 0.784 e. The van der Waals surface area contributed by atoms with E-state index in [4.69, 9.17) is 13.3 Å². The van der Waals surface area contributed by atoms with Gasteiger partial charge in [-0.1, -0.05) is 0 Å². The first-order chi connectivity index (χ1) is 1.73. The Hall–Kier alpha value is 0.549. The van der Waals surface area contributed by atoms with Gasteiger partial charge in [0.2, 0.25) is 0 Å². The van der Waals surface area contributed by atoms with Crippen molar-refractivity contribution in [3.05, 3.63) is 0 Å². The van der Waals surface area contributed by atoms with Crippen LogP contribution in [0.1, 0.15) is 0 Å². The van der Waals surface area contributed by atoms with E-state index in [0.29, 0.717) is 0 Å². The van der Waals surface area contributed by atoms with E-state index in [1.807, 2.05) is 0 Å². The minimum atomic E-state index is -3.11. The summed E-state index contributed by atoms with van der Waals surface area (Å²) in [6.45, 7) is 0. The van der Waals surface area contributed by atoms with Crippen LogP contribution in [0.5, 0.6) is 0 Å². The molecule has 0 aliphatic carbocycles. The molecular weight excluding hydrogens is 158 g/mol. The molecule has 0 aromatic rings. The van der Waals surface area contributed by atoms with Gasteiger partial charge in [-0.2, -0.15) is 0 Å². The van der Waals surface area contributed by atoms with Crippen LogP contribution in [0.3, 0.4) is 0 Å². The summed E-state index contributed by atoms with van der Waals surface area (Å²) in [5.74, 6) is 0. The monoisotopic (exact) mass is 161 g/mol. The molecule has 0 spiro atoms. The van der Waals surface area contributed by atoms with Crippen molar-refractivity contribution in [2.75, 3.05) is 0 Å². The topological polar surface area (TPSA) is 99.7 Å². The second kappa shape index (κ2) is 9.12. The first kappa shape index (κ1) is 16.0. The fourth-order valence-electron chi connectivity index (χ4n) is 0. The standard InChI is InChI=1S/Cu.H3N.H2O3S/c;;1-4(2)3/h;1H3;(H2,1,2,3)/q+1;;/p-1. The van der Waals surface area contributed by atoms with Crippen LogP contribution in [0.25, 0.3) is 0 Å². The van der Waals surface area contributed by atoms with Crippen LogP contribution in [0.4, 0.5) is 0 Å². The molecule has 6 heteroatoms. The molecule has 0 rings (SSSR count). The van der Waals surface area contributed by atoms with Crippen molar-refractivity contribution in [2.24, 2.45) is 0 Å². The van der Waals surface area contributed by atoms with Crippen LogP contribution in [0.15, 0.2) is 0 Å². The van der Waals surface area contributed by atoms with Gasteiger partial charge in [0, 0.05) is 0 Å². The Morgan fingerprint density at radius 1 is 1.33 bits per heavy atom. The average molecular weight is 162 g/mol. The Balaban J connectivity index is -0.0000000450. The maximum Gasteiger partial charge on any atom is 1.00 e. The minimum absolute atomic E-state index is 0. The van der Waals surface area contributed by atoms with Crippen molar-refractivity contribution in [1.82, 2.24) is 6.15 Å². The Kier molecular flexibility index (Phi) is 24.3. The van der Waals surface area contributed by atoms with Crippen molar-refractivity contribution in [3.8, 4) is 0 Å². The molecule has 44 valence electrons. The summed E-state index contributed by atoms with van der Waals surface area (Å²) in [6, 6.07) is 0. The van der Waals surface area contributed by atoms with Gasteiger partial charge < -0.3 is 15.3 Å². The van der Waals surface area contributed by atoms with Gasteiger partial charge >= 0.3 is 17.1 Å². The number of quaternary nitrogens is 1. The van der Waals surface area contributed by atoms with E-state index in [1.54, 1.807) is 0 Å². The number of rotatable bonds is 0. The predicted octanol–water partition coefficient (Wildman–Crippen LogP) is -0.630. The van der Waals surface area contributed by atoms with Gasteiger partial charge in [-0.05, 0) is 0 Å². The summed E-state index contributed by atoms with van der Waals surface area (Å²) in [6.07, 6.45) is 0. The molecule has 4 nitrogen and oxygen atoms in total. The van der Waals surface area contributed by atoms with E-state index < -0.39 is 11.4 Å². The van der Waals surface area contributed by atoms with Crippen molar-refractivity contribution < 1.29 is 30.4 Å². The Morgan fingerprint density at radius 2 is 1.33 bits per heavy atom. The van der Waals surface area contributed by atoms with Gasteiger partial charge in [0.15, 0.2) is 0 Å². The Morgan fingerprint density at radius 3 is 1.33 bits per heavy atom. The fraction of sp³-hybridized carbons (Fsp3) is 0. The molecule has 0 radical (unpaired) electrons. The fourth-order valence-corrected chi connectivity index (χ4v) is 0. The SMILES string of the molecule is O=S([O-])[O-].[Cu+].[NH4+]. The van der Waals surface area contributed by atoms with Crippen LogP contribution in [0.2, 0.25) is 0 Å². The summed E-state index contributed by atoms with van der Waals surface area (Å²) in [5, 5.41) is 0. The molecule has 0 amide bonds. The maximum atomic E-state index is 8.44. The molecule has 4 N–H and O–H groups in total. The van der Waals surface area contributed by atoms with Crippen molar-refractivity contribution in [1.29, 1.82) is 0 Å². The zero-order chi connectivity index (χ0) is 3.58. The molecule has 0 saturated heterocycles. The zero-order valence-electron chi connectivity index (χ0n) is 2.93. The molecule has 0 unspecified atom stereocenters. The predicted molar refractivity (Wildman–Crippen MR) is 15.7 cm³/mol. The average Bonchev–Trinajstić information content (AvgIpc) is 0.811. The summed E-state index contributed by atoms with van der Waals surface area (Å²) >= 11 is -3.11. The van der Waals surface area contributed by atoms with Crippen LogP contribution in [-0.4, -0.2) is 13.3 Å². The molecule has 0 aromatic carbocycles. The molecule has 0 aliphatic rings. The van der Waals surface area contributed by atoms with Gasteiger partial charge in [-0.3, -0.25) is 4.21 Å². The van der Waals surface area contributed by atoms with Gasteiger partial charge in [0.25, 0.3) is 0 Å². The number of hydrogen-bond donors (Lipinski definition) is 1. The largest absolute Gasteiger partial charge is 1.00 e. The van der Waals surface area contributed by atoms with E-state index >= 15 is 0 Å². The molecule has 0 heterocycles. The van der Waals surface area contributed by atoms with Crippen molar-refractivity contribution in [3.63, 3.8) is 0 Å². The first-order valence-electron chi connectivity index (χ1n) is 0.500. The number of hydrogen-bond acceptors (Lipinski definition) is 3. The molecule has 0 atom stereocenters. The Labute approximate surface area is 48.5 Å². The van der Waals surface area contributed by atoms with Crippen LogP contribution >= 0.6 is 0 Å². The summed E-state index contributed by atoms with van der Waals surface area (Å²) in [5.41, 5.74) is 0. The van der Waals surface area contributed by atoms with Crippen LogP contribution < -0.4 is 6.15 Å². The second-order valence-electron chi connectivity index (χ2n) is 0.204. The van der Waals surface area contributed by atoms with Gasteiger partial charge in [-0.25, -0.2) is 0 Å². The zero-order valence-corrected chi connectivity index (χ0v) is 4.69. The minimum Gasteiger partial charge on any atom is -0.784 e. The van der Waals surface area contributed by atoms with E-state index in [0.717, 1.165) is 0 Å². The molecular formula is H4CuNO3S. The van der Waals surface area contributed by atoms with E-state index in [-0.39, 0.29) is 23.2 Å². The maximum absolute atomic E-state index is 8.44. The van der Waals surface area contributed by atoms with Crippen molar-refractivity contribution in [2.45, 2.75) is 0 Å². The quantitative estimate of drug-likeness (QED) is 0.378. The van der Waals surface area contributed by atoms with Gasteiger partial charge in [0.1, 0.15) is 0 Å². The van der Waals surface area contributed by atoms with E-state index in [2.05, 4.69) is 0 Å². The summed E-state index contributed by atoms with van der Waals surface area (Å²) in [7, 11) is 0. The third kappa shape index (κ3) is 190. The second-order valence-corrected chi connectivity index (χ2v) is 0.612. The normalized spacial score (nSPS) is 5.83. The molecule has 0 saturated carbocycles. The van der Waals surface area contributed by atoms with Gasteiger partial charge in [-0.15, -0.1) is 11.4 Å². The molecule has 0 aliphatic heterocycles.